The number of halogens is 2. The third kappa shape index (κ3) is 4.23. The Labute approximate surface area is 183 Å². The van der Waals surface area contributed by atoms with Gasteiger partial charge in [0.25, 0.3) is 11.8 Å². The number of piperidine rings is 1. The van der Waals surface area contributed by atoms with Gasteiger partial charge in [0, 0.05) is 18.0 Å². The van der Waals surface area contributed by atoms with Crippen LogP contribution in [0.3, 0.4) is 0 Å². The smallest absolute Gasteiger partial charge is 0.259 e. The summed E-state index contributed by atoms with van der Waals surface area (Å²) in [5.41, 5.74) is 1.71. The van der Waals surface area contributed by atoms with Gasteiger partial charge < -0.3 is 10.2 Å². The van der Waals surface area contributed by atoms with E-state index in [-0.39, 0.29) is 5.91 Å². The Hall–Kier alpha value is -3.06. The number of hydrogen-bond acceptors (Lipinski definition) is 3. The molecule has 3 aromatic rings. The molecule has 1 fully saturated rings. The van der Waals surface area contributed by atoms with Gasteiger partial charge in [0.15, 0.2) is 11.6 Å². The lowest BCUT2D eigenvalue weighted by molar-refractivity contribution is 0.0725. The van der Waals surface area contributed by atoms with Gasteiger partial charge in [0.05, 0.1) is 11.1 Å². The Kier molecular flexibility index (Phi) is 6.13. The van der Waals surface area contributed by atoms with Crippen LogP contribution in [0.2, 0.25) is 0 Å². The zero-order valence-electron chi connectivity index (χ0n) is 17.1. The Morgan fingerprint density at radius 2 is 1.68 bits per heavy atom. The van der Waals surface area contributed by atoms with Gasteiger partial charge in [-0.3, -0.25) is 9.59 Å². The molecule has 0 aliphatic carbocycles. The minimum atomic E-state index is -1.21. The van der Waals surface area contributed by atoms with Crippen LogP contribution in [0.25, 0.3) is 10.4 Å². The van der Waals surface area contributed by atoms with Gasteiger partial charge in [-0.15, -0.1) is 11.3 Å². The minimum Gasteiger partial charge on any atom is -0.339 e. The number of benzene rings is 2. The molecule has 2 aromatic carbocycles. The van der Waals surface area contributed by atoms with Crippen molar-refractivity contribution >= 4 is 28.2 Å². The number of carbonyl (C=O) groups is 2. The molecule has 1 N–H and O–H groups in total. The van der Waals surface area contributed by atoms with Crippen molar-refractivity contribution in [2.75, 3.05) is 18.4 Å². The van der Waals surface area contributed by atoms with Gasteiger partial charge in [-0.2, -0.15) is 0 Å². The summed E-state index contributed by atoms with van der Waals surface area (Å²) in [5.74, 6) is -3.23. The van der Waals surface area contributed by atoms with Gasteiger partial charge in [0.1, 0.15) is 5.00 Å². The van der Waals surface area contributed by atoms with Crippen molar-refractivity contribution in [3.8, 4) is 10.4 Å². The van der Waals surface area contributed by atoms with E-state index in [0.717, 1.165) is 41.3 Å². The van der Waals surface area contributed by atoms with Gasteiger partial charge in [-0.05, 0) is 49.4 Å². The highest BCUT2D eigenvalue weighted by Gasteiger charge is 2.28. The highest BCUT2D eigenvalue weighted by Crippen LogP contribution is 2.41. The van der Waals surface area contributed by atoms with Crippen LogP contribution in [-0.2, 0) is 0 Å². The van der Waals surface area contributed by atoms with E-state index in [1.807, 2.05) is 37.3 Å². The largest absolute Gasteiger partial charge is 0.339 e. The van der Waals surface area contributed by atoms with Crippen LogP contribution in [-0.4, -0.2) is 29.8 Å². The fourth-order valence-corrected chi connectivity index (χ4v) is 5.03. The maximum atomic E-state index is 14.1. The molecular weight excluding hydrogens is 418 g/mol. The molecule has 0 atom stereocenters. The summed E-state index contributed by atoms with van der Waals surface area (Å²) in [6.07, 6.45) is 2.97. The number of amides is 2. The second-order valence-electron chi connectivity index (χ2n) is 7.53. The fourth-order valence-electron chi connectivity index (χ4n) is 3.83. The van der Waals surface area contributed by atoms with Crippen LogP contribution in [0, 0.1) is 18.6 Å². The molecule has 1 saturated heterocycles. The Balaban J connectivity index is 1.75. The molecule has 31 heavy (non-hydrogen) atoms. The molecule has 4 nitrogen and oxygen atoms in total. The third-order valence-corrected chi connectivity index (χ3v) is 6.72. The summed E-state index contributed by atoms with van der Waals surface area (Å²) in [6.45, 7) is 3.19. The predicted molar refractivity (Wildman–Crippen MR) is 119 cm³/mol. The number of nitrogens with one attached hydrogen (secondary N) is 1. The van der Waals surface area contributed by atoms with Crippen molar-refractivity contribution in [2.45, 2.75) is 26.2 Å². The molecule has 0 saturated carbocycles. The quantitative estimate of drug-likeness (QED) is 0.551. The normalized spacial score (nSPS) is 13.8. The van der Waals surface area contributed by atoms with Crippen LogP contribution in [0.1, 0.15) is 45.5 Å². The summed E-state index contributed by atoms with van der Waals surface area (Å²) in [7, 11) is 0. The topological polar surface area (TPSA) is 49.4 Å². The summed E-state index contributed by atoms with van der Waals surface area (Å²) in [5, 5.41) is 3.02. The van der Waals surface area contributed by atoms with Gasteiger partial charge >= 0.3 is 0 Å². The number of likely N-dealkylation sites (tertiary alicyclic amines) is 1. The number of nitrogens with zero attached hydrogens (tertiary/aromatic N) is 1. The van der Waals surface area contributed by atoms with Crippen LogP contribution < -0.4 is 5.32 Å². The molecule has 4 rings (SSSR count). The molecule has 2 amide bonds. The first kappa shape index (κ1) is 21.2. The molecule has 160 valence electrons. The lowest BCUT2D eigenvalue weighted by Crippen LogP contribution is -2.36. The molecule has 1 aromatic heterocycles. The van der Waals surface area contributed by atoms with Crippen molar-refractivity contribution in [1.82, 2.24) is 4.90 Å². The number of anilines is 1. The number of thiophene rings is 1. The monoisotopic (exact) mass is 440 g/mol. The standard InChI is InChI=1S/C24H22F2N2O2S/c1-15-19(24(30)28-13-6-3-7-14-28)23(31-21(15)16-9-4-2-5-10-16)27-22(29)17-11-8-12-18(25)20(17)26/h2,4-5,8-12H,3,6-7,13-14H2,1H3,(H,27,29). The number of carbonyl (C=O) groups excluding carboxylic acids is 2. The molecule has 0 bridgehead atoms. The number of hydrogen-bond donors (Lipinski definition) is 1. The fraction of sp³-hybridized carbons (Fsp3) is 0.250. The van der Waals surface area contributed by atoms with Crippen LogP contribution >= 0.6 is 11.3 Å². The molecule has 0 unspecified atom stereocenters. The summed E-state index contributed by atoms with van der Waals surface area (Å²) in [4.78, 5) is 28.8. The predicted octanol–water partition coefficient (Wildman–Crippen LogP) is 5.88. The van der Waals surface area contributed by atoms with Crippen molar-refractivity contribution in [3.63, 3.8) is 0 Å². The van der Waals surface area contributed by atoms with E-state index in [2.05, 4.69) is 5.32 Å². The maximum absolute atomic E-state index is 14.1. The first-order valence-electron chi connectivity index (χ1n) is 10.2. The summed E-state index contributed by atoms with van der Waals surface area (Å²) in [6, 6.07) is 13.0. The Morgan fingerprint density at radius 1 is 0.968 bits per heavy atom. The van der Waals surface area contributed by atoms with Crippen LogP contribution in [0.5, 0.6) is 0 Å². The van der Waals surface area contributed by atoms with E-state index >= 15 is 0 Å². The second-order valence-corrected chi connectivity index (χ2v) is 8.56. The second kappa shape index (κ2) is 8.98. The first-order chi connectivity index (χ1) is 15.0. The van der Waals surface area contributed by atoms with E-state index in [4.69, 9.17) is 0 Å². The highest BCUT2D eigenvalue weighted by atomic mass is 32.1. The Morgan fingerprint density at radius 3 is 2.39 bits per heavy atom. The van der Waals surface area contributed by atoms with Gasteiger partial charge in [-0.1, -0.05) is 36.4 Å². The van der Waals surface area contributed by atoms with E-state index in [1.165, 1.54) is 23.5 Å². The van der Waals surface area contributed by atoms with E-state index in [0.29, 0.717) is 23.7 Å². The molecule has 1 aliphatic heterocycles. The Bertz CT molecular complexity index is 1120. The lowest BCUT2D eigenvalue weighted by atomic mass is 10.0. The average Bonchev–Trinajstić information content (AvgIpc) is 3.11. The highest BCUT2D eigenvalue weighted by molar-refractivity contribution is 7.20. The van der Waals surface area contributed by atoms with Crippen LogP contribution in [0.4, 0.5) is 13.8 Å². The maximum Gasteiger partial charge on any atom is 0.259 e. The minimum absolute atomic E-state index is 0.148. The van der Waals surface area contributed by atoms with Gasteiger partial charge in [-0.25, -0.2) is 8.78 Å². The molecule has 2 heterocycles. The van der Waals surface area contributed by atoms with Crippen molar-refractivity contribution in [3.05, 3.63) is 76.9 Å². The SMILES string of the molecule is Cc1c(-c2ccccc2)sc(NC(=O)c2cccc(F)c2F)c1C(=O)N1CCCCC1. The molecule has 7 heteroatoms. The zero-order valence-corrected chi connectivity index (χ0v) is 17.9. The van der Waals surface area contributed by atoms with E-state index < -0.39 is 23.1 Å². The summed E-state index contributed by atoms with van der Waals surface area (Å²) < 4.78 is 27.8. The van der Waals surface area contributed by atoms with Gasteiger partial charge in [0.2, 0.25) is 0 Å². The first-order valence-corrected chi connectivity index (χ1v) is 11.0. The van der Waals surface area contributed by atoms with E-state index in [1.54, 1.807) is 4.90 Å². The lowest BCUT2D eigenvalue weighted by Gasteiger charge is -2.27. The summed E-state index contributed by atoms with van der Waals surface area (Å²) >= 11 is 1.27. The molecule has 0 radical (unpaired) electrons. The molecular formula is C24H22F2N2O2S. The van der Waals surface area contributed by atoms with Crippen molar-refractivity contribution < 1.29 is 18.4 Å². The number of rotatable bonds is 4. The average molecular weight is 441 g/mol. The zero-order chi connectivity index (χ0) is 22.0. The molecule has 0 spiro atoms. The van der Waals surface area contributed by atoms with Crippen molar-refractivity contribution in [1.29, 1.82) is 0 Å². The molecule has 1 aliphatic rings. The van der Waals surface area contributed by atoms with Crippen LogP contribution in [0.15, 0.2) is 48.5 Å². The van der Waals surface area contributed by atoms with Crippen molar-refractivity contribution in [2.24, 2.45) is 0 Å². The van der Waals surface area contributed by atoms with E-state index in [9.17, 15) is 18.4 Å². The third-order valence-electron chi connectivity index (χ3n) is 5.46.